The Kier molecular flexibility index (Phi) is 4.77. The maximum Gasteiger partial charge on any atom is 0.233 e. The van der Waals surface area contributed by atoms with Gasteiger partial charge in [-0.1, -0.05) is 48.5 Å². The van der Waals surface area contributed by atoms with E-state index in [1.54, 1.807) is 16.7 Å². The van der Waals surface area contributed by atoms with Crippen LogP contribution in [0.5, 0.6) is 0 Å². The number of hydrogen-bond donors (Lipinski definition) is 1. The average molecular weight is 365 g/mol. The zero-order chi connectivity index (χ0) is 17.9. The van der Waals surface area contributed by atoms with Crippen LogP contribution in [0.1, 0.15) is 10.9 Å². The molecule has 1 aromatic heterocycles. The van der Waals surface area contributed by atoms with Gasteiger partial charge in [-0.25, -0.2) is 4.68 Å². The fraction of sp³-hybridized carbons (Fsp3) is 0.200. The third kappa shape index (κ3) is 3.13. The van der Waals surface area contributed by atoms with Gasteiger partial charge in [0.2, 0.25) is 5.91 Å². The molecule has 4 rings (SSSR count). The number of para-hydroxylation sites is 1. The highest BCUT2D eigenvalue weighted by atomic mass is 32.2. The van der Waals surface area contributed by atoms with Crippen molar-refractivity contribution in [2.24, 2.45) is 0 Å². The van der Waals surface area contributed by atoms with Crippen molar-refractivity contribution in [3.8, 4) is 16.9 Å². The van der Waals surface area contributed by atoms with Crippen LogP contribution >= 0.6 is 11.8 Å². The Morgan fingerprint density at radius 3 is 2.46 bits per heavy atom. The summed E-state index contributed by atoms with van der Waals surface area (Å²) in [6.45, 7) is 0.289. The molecule has 0 spiro atoms. The molecule has 0 unspecified atom stereocenters. The molecule has 6 heteroatoms. The minimum atomic E-state index is -0.137. The third-order valence-electron chi connectivity index (χ3n) is 4.39. The lowest BCUT2D eigenvalue weighted by Crippen LogP contribution is -2.31. The van der Waals surface area contributed by atoms with Crippen molar-refractivity contribution in [3.63, 3.8) is 0 Å². The summed E-state index contributed by atoms with van der Waals surface area (Å²) in [5.74, 6) is 0.482. The molecule has 0 aliphatic carbocycles. The standard InChI is InChI=1S/C20H19N3O2S/c24-12-11-22-18(25)14-26-20(22)17-13-23(16-9-5-2-6-10-16)21-19(17)15-7-3-1-4-8-15/h1-10,13,20,24H,11-12,14H2/t20-/m0/s1. The van der Waals surface area contributed by atoms with Crippen molar-refractivity contribution in [1.29, 1.82) is 0 Å². The molecule has 0 bridgehead atoms. The van der Waals surface area contributed by atoms with Gasteiger partial charge in [0, 0.05) is 23.9 Å². The summed E-state index contributed by atoms with van der Waals surface area (Å²) in [6, 6.07) is 19.9. The Morgan fingerprint density at radius 2 is 1.77 bits per heavy atom. The highest BCUT2D eigenvalue weighted by Crippen LogP contribution is 2.42. The number of aromatic nitrogens is 2. The van der Waals surface area contributed by atoms with E-state index in [9.17, 15) is 9.90 Å². The van der Waals surface area contributed by atoms with E-state index in [1.165, 1.54) is 0 Å². The van der Waals surface area contributed by atoms with Gasteiger partial charge in [0.1, 0.15) is 5.37 Å². The van der Waals surface area contributed by atoms with E-state index in [2.05, 4.69) is 0 Å². The number of β-amino-alcohol motifs (C(OH)–C–C–N with tert-alkyl or cyclic N) is 1. The van der Waals surface area contributed by atoms with E-state index < -0.39 is 0 Å². The lowest BCUT2D eigenvalue weighted by Gasteiger charge is -2.22. The van der Waals surface area contributed by atoms with Crippen LogP contribution in [0.3, 0.4) is 0 Å². The molecule has 1 atom stereocenters. The molecule has 1 N–H and O–H groups in total. The monoisotopic (exact) mass is 365 g/mol. The number of carbonyl (C=O) groups excluding carboxylic acids is 1. The number of nitrogens with zero attached hydrogens (tertiary/aromatic N) is 3. The summed E-state index contributed by atoms with van der Waals surface area (Å²) < 4.78 is 1.86. The van der Waals surface area contributed by atoms with Crippen LogP contribution in [0.4, 0.5) is 0 Å². The largest absolute Gasteiger partial charge is 0.395 e. The number of aliphatic hydroxyl groups is 1. The molecule has 26 heavy (non-hydrogen) atoms. The Bertz CT molecular complexity index is 896. The smallest absolute Gasteiger partial charge is 0.233 e. The molecular formula is C20H19N3O2S. The van der Waals surface area contributed by atoms with Gasteiger partial charge < -0.3 is 10.0 Å². The van der Waals surface area contributed by atoms with Crippen molar-refractivity contribution in [2.45, 2.75) is 5.37 Å². The van der Waals surface area contributed by atoms with Crippen molar-refractivity contribution in [1.82, 2.24) is 14.7 Å². The normalized spacial score (nSPS) is 17.0. The number of carbonyl (C=O) groups is 1. The number of rotatable bonds is 5. The summed E-state index contributed by atoms with van der Waals surface area (Å²) >= 11 is 1.58. The molecule has 1 aliphatic rings. The Labute approximate surface area is 156 Å². The highest BCUT2D eigenvalue weighted by molar-refractivity contribution is 8.00. The first-order valence-electron chi connectivity index (χ1n) is 8.50. The number of aliphatic hydroxyl groups excluding tert-OH is 1. The molecule has 0 saturated carbocycles. The van der Waals surface area contributed by atoms with Crippen LogP contribution in [0.2, 0.25) is 0 Å². The summed E-state index contributed by atoms with van der Waals surface area (Å²) in [7, 11) is 0. The Hall–Kier alpha value is -2.57. The molecule has 5 nitrogen and oxygen atoms in total. The van der Waals surface area contributed by atoms with Crippen LogP contribution in [0, 0.1) is 0 Å². The summed E-state index contributed by atoms with van der Waals surface area (Å²) in [6.07, 6.45) is 2.00. The van der Waals surface area contributed by atoms with Gasteiger partial charge in [0.25, 0.3) is 0 Å². The molecule has 1 saturated heterocycles. The molecule has 2 aromatic carbocycles. The van der Waals surface area contributed by atoms with Crippen LogP contribution in [-0.4, -0.2) is 44.6 Å². The molecule has 3 aromatic rings. The predicted molar refractivity (Wildman–Crippen MR) is 103 cm³/mol. The van der Waals surface area contributed by atoms with Gasteiger partial charge in [0.15, 0.2) is 0 Å². The fourth-order valence-electron chi connectivity index (χ4n) is 3.16. The number of hydrogen-bond acceptors (Lipinski definition) is 4. The second-order valence-electron chi connectivity index (χ2n) is 6.05. The van der Waals surface area contributed by atoms with E-state index in [1.807, 2.05) is 71.5 Å². The Morgan fingerprint density at radius 1 is 1.08 bits per heavy atom. The Balaban J connectivity index is 1.82. The van der Waals surface area contributed by atoms with E-state index in [4.69, 9.17) is 5.10 Å². The lowest BCUT2D eigenvalue weighted by molar-refractivity contribution is -0.128. The molecule has 1 amide bonds. The van der Waals surface area contributed by atoms with Gasteiger partial charge in [-0.05, 0) is 12.1 Å². The van der Waals surface area contributed by atoms with Crippen LogP contribution < -0.4 is 0 Å². The molecule has 1 fully saturated rings. The van der Waals surface area contributed by atoms with Crippen molar-refractivity contribution >= 4 is 17.7 Å². The van der Waals surface area contributed by atoms with Crippen molar-refractivity contribution in [2.75, 3.05) is 18.9 Å². The van der Waals surface area contributed by atoms with E-state index >= 15 is 0 Å². The molecule has 0 radical (unpaired) electrons. The van der Waals surface area contributed by atoms with E-state index in [0.717, 1.165) is 22.5 Å². The highest BCUT2D eigenvalue weighted by Gasteiger charge is 2.35. The third-order valence-corrected chi connectivity index (χ3v) is 5.62. The molecular weight excluding hydrogens is 346 g/mol. The zero-order valence-corrected chi connectivity index (χ0v) is 15.0. The van der Waals surface area contributed by atoms with E-state index in [-0.39, 0.29) is 17.9 Å². The maximum atomic E-state index is 12.2. The zero-order valence-electron chi connectivity index (χ0n) is 14.2. The first-order chi connectivity index (χ1) is 12.8. The lowest BCUT2D eigenvalue weighted by atomic mass is 10.1. The van der Waals surface area contributed by atoms with Gasteiger partial charge in [-0.15, -0.1) is 11.8 Å². The van der Waals surface area contributed by atoms with Gasteiger partial charge >= 0.3 is 0 Å². The number of benzene rings is 2. The minimum absolute atomic E-state index is 0.0453. The average Bonchev–Trinajstić information content (AvgIpc) is 3.28. The second-order valence-corrected chi connectivity index (χ2v) is 7.12. The van der Waals surface area contributed by atoms with Crippen LogP contribution in [-0.2, 0) is 4.79 Å². The summed E-state index contributed by atoms with van der Waals surface area (Å²) in [5, 5.41) is 14.0. The second kappa shape index (κ2) is 7.35. The quantitative estimate of drug-likeness (QED) is 0.755. The first-order valence-corrected chi connectivity index (χ1v) is 9.55. The van der Waals surface area contributed by atoms with Crippen molar-refractivity contribution < 1.29 is 9.90 Å². The SMILES string of the molecule is O=C1CS[C@@H](c2cn(-c3ccccc3)nc2-c2ccccc2)N1CCO. The molecule has 132 valence electrons. The van der Waals surface area contributed by atoms with Crippen molar-refractivity contribution in [3.05, 3.63) is 72.4 Å². The van der Waals surface area contributed by atoms with Gasteiger partial charge in [-0.2, -0.15) is 5.10 Å². The predicted octanol–water partition coefficient (Wildman–Crippen LogP) is 3.11. The molecule has 1 aliphatic heterocycles. The van der Waals surface area contributed by atoms with Crippen LogP contribution in [0.25, 0.3) is 16.9 Å². The fourth-order valence-corrected chi connectivity index (χ4v) is 4.38. The first kappa shape index (κ1) is 16.9. The summed E-state index contributed by atoms with van der Waals surface area (Å²) in [4.78, 5) is 14.0. The van der Waals surface area contributed by atoms with E-state index in [0.29, 0.717) is 12.3 Å². The van der Waals surface area contributed by atoms with Gasteiger partial charge in [-0.3, -0.25) is 4.79 Å². The van der Waals surface area contributed by atoms with Gasteiger partial charge in [0.05, 0.1) is 23.7 Å². The number of amides is 1. The summed E-state index contributed by atoms with van der Waals surface area (Å²) in [5.41, 5.74) is 3.84. The maximum absolute atomic E-state index is 12.2. The molecule has 2 heterocycles. The topological polar surface area (TPSA) is 58.4 Å². The minimum Gasteiger partial charge on any atom is -0.395 e. The van der Waals surface area contributed by atoms with Crippen LogP contribution in [0.15, 0.2) is 66.9 Å². The number of thioether (sulfide) groups is 1.